The molecule has 0 aliphatic heterocycles. The van der Waals surface area contributed by atoms with Gasteiger partial charge >= 0.3 is 0 Å². The fourth-order valence-corrected chi connectivity index (χ4v) is 1.79. The Balaban J connectivity index is 1.86. The van der Waals surface area contributed by atoms with Gasteiger partial charge in [-0.3, -0.25) is 10.1 Å². The van der Waals surface area contributed by atoms with Gasteiger partial charge in [-0.1, -0.05) is 0 Å². The molecule has 8 heteroatoms. The highest BCUT2D eigenvalue weighted by Crippen LogP contribution is 2.29. The highest BCUT2D eigenvalue weighted by Gasteiger charge is 2.23. The summed E-state index contributed by atoms with van der Waals surface area (Å²) < 4.78 is 18.4. The van der Waals surface area contributed by atoms with Gasteiger partial charge in [-0.25, -0.2) is 4.39 Å². The van der Waals surface area contributed by atoms with Crippen molar-refractivity contribution in [2.24, 2.45) is 0 Å². The molecule has 7 nitrogen and oxygen atoms in total. The van der Waals surface area contributed by atoms with Crippen molar-refractivity contribution in [2.75, 3.05) is 0 Å². The molecule has 1 aliphatic carbocycles. The fraction of sp³-hybridized carbons (Fsp3) is 0.333. The Morgan fingerprint density at radius 3 is 2.95 bits per heavy atom. The topological polar surface area (TPSA) is 94.1 Å². The maximum Gasteiger partial charge on any atom is 0.285 e. The Bertz CT molecular complexity index is 654. The first kappa shape index (κ1) is 12.7. The van der Waals surface area contributed by atoms with E-state index in [1.807, 2.05) is 0 Å². The van der Waals surface area contributed by atoms with Crippen molar-refractivity contribution in [3.05, 3.63) is 40.0 Å². The third-order valence-corrected chi connectivity index (χ3v) is 2.97. The third kappa shape index (κ3) is 2.64. The Labute approximate surface area is 113 Å². The Morgan fingerprint density at radius 2 is 2.25 bits per heavy atom. The van der Waals surface area contributed by atoms with E-state index in [1.165, 1.54) is 6.07 Å². The summed E-state index contributed by atoms with van der Waals surface area (Å²) in [6, 6.07) is 3.71. The number of nitro groups is 1. The largest absolute Gasteiger partial charge is 0.419 e. The van der Waals surface area contributed by atoms with E-state index in [0.29, 0.717) is 18.5 Å². The van der Waals surface area contributed by atoms with Crippen LogP contribution in [0.2, 0.25) is 0 Å². The van der Waals surface area contributed by atoms with E-state index >= 15 is 0 Å². The van der Waals surface area contributed by atoms with Crippen molar-refractivity contribution in [3.63, 3.8) is 0 Å². The zero-order valence-corrected chi connectivity index (χ0v) is 10.4. The van der Waals surface area contributed by atoms with Crippen LogP contribution in [0, 0.1) is 15.9 Å². The van der Waals surface area contributed by atoms with Gasteiger partial charge in [0.15, 0.2) is 0 Å². The van der Waals surface area contributed by atoms with Crippen LogP contribution in [0.3, 0.4) is 0 Å². The molecule has 2 aromatic rings. The molecule has 1 heterocycles. The number of nitro benzene ring substituents is 1. The molecule has 104 valence electrons. The summed E-state index contributed by atoms with van der Waals surface area (Å²) in [5.74, 6) is -0.314. The Kier molecular flexibility index (Phi) is 3.15. The highest BCUT2D eigenvalue weighted by molar-refractivity contribution is 5.66. The molecule has 0 spiro atoms. The fourth-order valence-electron chi connectivity index (χ4n) is 1.79. The summed E-state index contributed by atoms with van der Waals surface area (Å²) >= 11 is 0. The van der Waals surface area contributed by atoms with E-state index in [2.05, 4.69) is 15.5 Å². The molecule has 0 saturated heterocycles. The average Bonchev–Trinajstić information content (AvgIpc) is 3.14. The predicted octanol–water partition coefficient (Wildman–Crippen LogP) is 2.04. The quantitative estimate of drug-likeness (QED) is 0.664. The lowest BCUT2D eigenvalue weighted by molar-refractivity contribution is -0.384. The van der Waals surface area contributed by atoms with Gasteiger partial charge < -0.3 is 9.73 Å². The van der Waals surface area contributed by atoms with Crippen molar-refractivity contribution < 1.29 is 13.7 Å². The van der Waals surface area contributed by atoms with Gasteiger partial charge in [0.1, 0.15) is 11.4 Å². The van der Waals surface area contributed by atoms with E-state index in [0.717, 1.165) is 25.0 Å². The number of aromatic nitrogens is 2. The van der Waals surface area contributed by atoms with Gasteiger partial charge in [0.2, 0.25) is 5.89 Å². The number of hydrogen-bond acceptors (Lipinski definition) is 6. The summed E-state index contributed by atoms with van der Waals surface area (Å²) in [6.07, 6.45) is 2.26. The van der Waals surface area contributed by atoms with Crippen LogP contribution in [0.1, 0.15) is 18.7 Å². The molecule has 20 heavy (non-hydrogen) atoms. The molecule has 0 radical (unpaired) electrons. The molecule has 0 bridgehead atoms. The third-order valence-electron chi connectivity index (χ3n) is 2.97. The average molecular weight is 278 g/mol. The van der Waals surface area contributed by atoms with Crippen LogP contribution in [0.4, 0.5) is 10.1 Å². The number of rotatable bonds is 5. The van der Waals surface area contributed by atoms with Crippen LogP contribution < -0.4 is 5.32 Å². The SMILES string of the molecule is O=[N+]([O-])c1cc(F)ccc1-c1nnc(CNC2CC2)o1. The Morgan fingerprint density at radius 1 is 1.45 bits per heavy atom. The van der Waals surface area contributed by atoms with E-state index in [-0.39, 0.29) is 11.5 Å². The first-order valence-electron chi connectivity index (χ1n) is 6.13. The second-order valence-electron chi connectivity index (χ2n) is 4.57. The van der Waals surface area contributed by atoms with Crippen LogP contribution in [-0.2, 0) is 6.54 Å². The maximum atomic E-state index is 13.1. The minimum atomic E-state index is -0.685. The van der Waals surface area contributed by atoms with Crippen molar-refractivity contribution in [1.82, 2.24) is 15.5 Å². The summed E-state index contributed by atoms with van der Waals surface area (Å²) in [6.45, 7) is 0.423. The van der Waals surface area contributed by atoms with Crippen molar-refractivity contribution in [3.8, 4) is 11.5 Å². The van der Waals surface area contributed by atoms with Gasteiger partial charge in [0.25, 0.3) is 11.6 Å². The lowest BCUT2D eigenvalue weighted by Crippen LogP contribution is -2.15. The van der Waals surface area contributed by atoms with E-state index in [1.54, 1.807) is 0 Å². The van der Waals surface area contributed by atoms with Gasteiger partial charge in [-0.15, -0.1) is 10.2 Å². The van der Waals surface area contributed by atoms with Gasteiger partial charge in [0.05, 0.1) is 17.5 Å². The number of nitrogens with zero attached hydrogens (tertiary/aromatic N) is 3. The molecule has 1 fully saturated rings. The molecule has 1 aromatic heterocycles. The highest BCUT2D eigenvalue weighted by atomic mass is 19.1. The molecular weight excluding hydrogens is 267 g/mol. The standard InChI is InChI=1S/C12H11FN4O3/c13-7-1-4-9(10(5-7)17(18)19)12-16-15-11(20-12)6-14-8-2-3-8/h1,4-5,8,14H,2-3,6H2. The first-order valence-corrected chi connectivity index (χ1v) is 6.13. The molecule has 0 atom stereocenters. The molecule has 0 amide bonds. The zero-order valence-electron chi connectivity index (χ0n) is 10.4. The molecule has 1 N–H and O–H groups in total. The number of nitrogens with one attached hydrogen (secondary N) is 1. The summed E-state index contributed by atoms with van der Waals surface area (Å²) in [4.78, 5) is 10.2. The molecule has 0 unspecified atom stereocenters. The molecule has 1 aromatic carbocycles. The van der Waals surface area contributed by atoms with Gasteiger partial charge in [0, 0.05) is 6.04 Å². The number of halogens is 1. The Hall–Kier alpha value is -2.35. The van der Waals surface area contributed by atoms with Crippen molar-refractivity contribution in [2.45, 2.75) is 25.4 Å². The molecular formula is C12H11FN4O3. The van der Waals surface area contributed by atoms with Crippen LogP contribution in [0.25, 0.3) is 11.5 Å². The minimum absolute atomic E-state index is 0.0179. The van der Waals surface area contributed by atoms with Crippen LogP contribution in [0.5, 0.6) is 0 Å². The van der Waals surface area contributed by atoms with E-state index in [9.17, 15) is 14.5 Å². The second kappa shape index (κ2) is 4.97. The monoisotopic (exact) mass is 278 g/mol. The summed E-state index contributed by atoms with van der Waals surface area (Å²) in [5, 5.41) is 21.7. The van der Waals surface area contributed by atoms with E-state index < -0.39 is 16.4 Å². The summed E-state index contributed by atoms with van der Waals surface area (Å²) in [5.41, 5.74) is -0.281. The van der Waals surface area contributed by atoms with Crippen LogP contribution >= 0.6 is 0 Å². The van der Waals surface area contributed by atoms with E-state index in [4.69, 9.17) is 4.42 Å². The first-order chi connectivity index (χ1) is 9.63. The van der Waals surface area contributed by atoms with Crippen LogP contribution in [0.15, 0.2) is 22.6 Å². The summed E-state index contributed by atoms with van der Waals surface area (Å²) in [7, 11) is 0. The number of hydrogen-bond donors (Lipinski definition) is 1. The van der Waals surface area contributed by atoms with Gasteiger partial charge in [-0.05, 0) is 25.0 Å². The predicted molar refractivity (Wildman–Crippen MR) is 66.2 cm³/mol. The normalized spacial score (nSPS) is 14.4. The molecule has 1 saturated carbocycles. The minimum Gasteiger partial charge on any atom is -0.419 e. The van der Waals surface area contributed by atoms with Crippen LogP contribution in [-0.4, -0.2) is 21.2 Å². The lowest BCUT2D eigenvalue weighted by atomic mass is 10.2. The zero-order chi connectivity index (χ0) is 14.1. The van der Waals surface area contributed by atoms with Crippen molar-refractivity contribution >= 4 is 5.69 Å². The molecule has 3 rings (SSSR count). The molecule has 1 aliphatic rings. The maximum absolute atomic E-state index is 13.1. The smallest absolute Gasteiger partial charge is 0.285 e. The lowest BCUT2D eigenvalue weighted by Gasteiger charge is -1.98. The number of benzene rings is 1. The second-order valence-corrected chi connectivity index (χ2v) is 4.57. The van der Waals surface area contributed by atoms with Crippen molar-refractivity contribution in [1.29, 1.82) is 0 Å². The van der Waals surface area contributed by atoms with Gasteiger partial charge in [-0.2, -0.15) is 0 Å².